The van der Waals surface area contributed by atoms with Crippen molar-refractivity contribution in [1.29, 1.82) is 0 Å². The minimum Gasteiger partial charge on any atom is -0.508 e. The third-order valence-electron chi connectivity index (χ3n) is 3.97. The van der Waals surface area contributed by atoms with Crippen molar-refractivity contribution < 1.29 is 14.7 Å². The van der Waals surface area contributed by atoms with Gasteiger partial charge in [0.1, 0.15) is 11.4 Å². The number of aromatic hydroxyl groups is 1. The van der Waals surface area contributed by atoms with Gasteiger partial charge in [0.2, 0.25) is 5.91 Å². The van der Waals surface area contributed by atoms with Crippen molar-refractivity contribution in [3.63, 3.8) is 0 Å². The van der Waals surface area contributed by atoms with Gasteiger partial charge in [-0.05, 0) is 12.1 Å². The second-order valence-corrected chi connectivity index (χ2v) is 5.94. The van der Waals surface area contributed by atoms with E-state index in [2.05, 4.69) is 20.8 Å². The molecule has 2 amide bonds. The maximum Gasteiger partial charge on any atom is 0.269 e. The molecule has 1 heterocycles. The van der Waals surface area contributed by atoms with Gasteiger partial charge in [0.15, 0.2) is 0 Å². The molecule has 1 aromatic heterocycles. The largest absolute Gasteiger partial charge is 0.508 e. The fraction of sp³-hybridized carbons (Fsp3) is 0.150. The van der Waals surface area contributed by atoms with Gasteiger partial charge in [-0.25, -0.2) is 0 Å². The van der Waals surface area contributed by atoms with Crippen LogP contribution in [-0.4, -0.2) is 40.2 Å². The van der Waals surface area contributed by atoms with Crippen molar-refractivity contribution in [2.24, 2.45) is 0 Å². The quantitative estimate of drug-likeness (QED) is 0.480. The molecule has 0 spiro atoms. The molecule has 0 bridgehead atoms. The number of hydrogen-bond donors (Lipinski definition) is 4. The Morgan fingerprint density at radius 1 is 0.963 bits per heavy atom. The molecule has 0 atom stereocenters. The van der Waals surface area contributed by atoms with E-state index < -0.39 is 0 Å². The van der Waals surface area contributed by atoms with E-state index >= 15 is 0 Å². The lowest BCUT2D eigenvalue weighted by Gasteiger charge is -2.07. The Kier molecular flexibility index (Phi) is 5.84. The van der Waals surface area contributed by atoms with E-state index in [0.29, 0.717) is 17.0 Å². The molecule has 0 saturated heterocycles. The van der Waals surface area contributed by atoms with Crippen molar-refractivity contribution in [2.45, 2.75) is 6.42 Å². The smallest absolute Gasteiger partial charge is 0.269 e. The average Bonchev–Trinajstić information content (AvgIpc) is 3.18. The number of rotatable bonds is 7. The summed E-state index contributed by atoms with van der Waals surface area (Å²) in [6.07, 6.45) is 0.0849. The maximum atomic E-state index is 12.1. The number of carbonyl (C=O) groups is 2. The lowest BCUT2D eigenvalue weighted by molar-refractivity contribution is -0.120. The summed E-state index contributed by atoms with van der Waals surface area (Å²) in [6.45, 7) is 0.572. The lowest BCUT2D eigenvalue weighted by atomic mass is 10.1. The standard InChI is InChI=1S/C20H20N4O3/c25-18-9-5-4-8-15(18)12-19(26)21-10-11-22-20(27)17-13-16(23-24-17)14-6-2-1-3-7-14/h1-9,13,25H,10-12H2,(H,21,26)(H,22,27)(H,23,24). The topological polar surface area (TPSA) is 107 Å². The van der Waals surface area contributed by atoms with E-state index in [1.54, 1.807) is 24.3 Å². The molecular weight excluding hydrogens is 344 g/mol. The molecule has 0 aliphatic rings. The third-order valence-corrected chi connectivity index (χ3v) is 3.97. The van der Waals surface area contributed by atoms with Crippen LogP contribution in [0, 0.1) is 0 Å². The molecule has 3 rings (SSSR count). The molecule has 0 radical (unpaired) electrons. The summed E-state index contributed by atoms with van der Waals surface area (Å²) in [5.41, 5.74) is 2.53. The van der Waals surface area contributed by atoms with Crippen LogP contribution in [0.2, 0.25) is 0 Å². The van der Waals surface area contributed by atoms with Crippen molar-refractivity contribution in [1.82, 2.24) is 20.8 Å². The van der Waals surface area contributed by atoms with Crippen LogP contribution >= 0.6 is 0 Å². The number of aromatic amines is 1. The van der Waals surface area contributed by atoms with Gasteiger partial charge < -0.3 is 15.7 Å². The van der Waals surface area contributed by atoms with E-state index in [1.807, 2.05) is 30.3 Å². The second kappa shape index (κ2) is 8.66. The van der Waals surface area contributed by atoms with Crippen molar-refractivity contribution in [3.05, 3.63) is 71.9 Å². The summed E-state index contributed by atoms with van der Waals surface area (Å²) in [5.74, 6) is -0.423. The van der Waals surface area contributed by atoms with Crippen molar-refractivity contribution >= 4 is 11.8 Å². The monoisotopic (exact) mass is 364 g/mol. The number of phenolic OH excluding ortho intramolecular Hbond substituents is 1. The Morgan fingerprint density at radius 2 is 1.67 bits per heavy atom. The number of nitrogens with one attached hydrogen (secondary N) is 3. The highest BCUT2D eigenvalue weighted by Crippen LogP contribution is 2.17. The molecule has 138 valence electrons. The number of nitrogens with zero attached hydrogens (tertiary/aromatic N) is 1. The molecule has 3 aromatic rings. The molecule has 0 aliphatic heterocycles. The normalized spacial score (nSPS) is 10.4. The maximum absolute atomic E-state index is 12.1. The molecule has 7 nitrogen and oxygen atoms in total. The Morgan fingerprint density at radius 3 is 2.44 bits per heavy atom. The first kappa shape index (κ1) is 18.2. The van der Waals surface area contributed by atoms with Gasteiger partial charge in [-0.2, -0.15) is 5.10 Å². The second-order valence-electron chi connectivity index (χ2n) is 5.94. The van der Waals surface area contributed by atoms with E-state index in [-0.39, 0.29) is 37.1 Å². The van der Waals surface area contributed by atoms with Crippen molar-refractivity contribution in [3.8, 4) is 17.0 Å². The molecule has 27 heavy (non-hydrogen) atoms. The highest BCUT2D eigenvalue weighted by atomic mass is 16.3. The predicted molar refractivity (Wildman–Crippen MR) is 101 cm³/mol. The minimum atomic E-state index is -0.292. The summed E-state index contributed by atoms with van der Waals surface area (Å²) in [4.78, 5) is 24.0. The lowest BCUT2D eigenvalue weighted by Crippen LogP contribution is -2.35. The van der Waals surface area contributed by atoms with Gasteiger partial charge in [0.05, 0.1) is 12.1 Å². The van der Waals surface area contributed by atoms with Gasteiger partial charge in [-0.15, -0.1) is 0 Å². The molecule has 0 unspecified atom stereocenters. The van der Waals surface area contributed by atoms with E-state index in [9.17, 15) is 14.7 Å². The number of hydrogen-bond acceptors (Lipinski definition) is 4. The van der Waals surface area contributed by atoms with Crippen LogP contribution in [0.25, 0.3) is 11.3 Å². The Balaban J connectivity index is 1.43. The van der Waals surface area contributed by atoms with Crippen LogP contribution in [0.15, 0.2) is 60.7 Å². The summed E-state index contributed by atoms with van der Waals surface area (Å²) >= 11 is 0. The zero-order chi connectivity index (χ0) is 19.1. The molecule has 0 aliphatic carbocycles. The summed E-state index contributed by atoms with van der Waals surface area (Å²) < 4.78 is 0. The highest BCUT2D eigenvalue weighted by molar-refractivity contribution is 5.93. The van der Waals surface area contributed by atoms with Gasteiger partial charge in [-0.3, -0.25) is 14.7 Å². The third kappa shape index (κ3) is 4.94. The van der Waals surface area contributed by atoms with Crippen LogP contribution < -0.4 is 10.6 Å². The fourth-order valence-electron chi connectivity index (χ4n) is 2.56. The highest BCUT2D eigenvalue weighted by Gasteiger charge is 2.11. The van der Waals surface area contributed by atoms with Gasteiger partial charge in [0, 0.05) is 24.2 Å². The predicted octanol–water partition coefficient (Wildman–Crippen LogP) is 1.87. The first-order valence-corrected chi connectivity index (χ1v) is 8.56. The summed E-state index contributed by atoms with van der Waals surface area (Å²) in [5, 5.41) is 21.9. The van der Waals surface area contributed by atoms with E-state index in [4.69, 9.17) is 0 Å². The number of amides is 2. The number of para-hydroxylation sites is 1. The summed E-state index contributed by atoms with van der Waals surface area (Å²) in [7, 11) is 0. The van der Waals surface area contributed by atoms with Gasteiger partial charge in [-0.1, -0.05) is 48.5 Å². The summed E-state index contributed by atoms with van der Waals surface area (Å²) in [6, 6.07) is 17.9. The number of H-pyrrole nitrogens is 1. The van der Waals surface area contributed by atoms with Crippen molar-refractivity contribution in [2.75, 3.05) is 13.1 Å². The fourth-order valence-corrected chi connectivity index (χ4v) is 2.56. The minimum absolute atomic E-state index is 0.0849. The number of aromatic nitrogens is 2. The van der Waals surface area contributed by atoms with Gasteiger partial charge in [0.25, 0.3) is 5.91 Å². The van der Waals surface area contributed by atoms with E-state index in [1.165, 1.54) is 6.07 Å². The van der Waals surface area contributed by atoms with Crippen LogP contribution in [0.4, 0.5) is 0 Å². The SMILES string of the molecule is O=C(Cc1ccccc1O)NCCNC(=O)c1cc(-c2ccccc2)n[nH]1. The number of phenols is 1. The Bertz CT molecular complexity index is 922. The number of carbonyl (C=O) groups excluding carboxylic acids is 2. The van der Waals surface area contributed by atoms with Crippen LogP contribution in [0.5, 0.6) is 5.75 Å². The van der Waals surface area contributed by atoms with Crippen LogP contribution in [0.1, 0.15) is 16.1 Å². The zero-order valence-corrected chi connectivity index (χ0v) is 14.6. The first-order valence-electron chi connectivity index (χ1n) is 8.56. The number of benzene rings is 2. The molecule has 0 fully saturated rings. The molecule has 7 heteroatoms. The average molecular weight is 364 g/mol. The zero-order valence-electron chi connectivity index (χ0n) is 14.6. The van der Waals surface area contributed by atoms with Crippen LogP contribution in [0.3, 0.4) is 0 Å². The Hall–Kier alpha value is -3.61. The molecule has 2 aromatic carbocycles. The van der Waals surface area contributed by atoms with E-state index in [0.717, 1.165) is 5.56 Å². The molecular formula is C20H20N4O3. The Labute approximate surface area is 156 Å². The molecule has 0 saturated carbocycles. The van der Waals surface area contributed by atoms with Crippen LogP contribution in [-0.2, 0) is 11.2 Å². The first-order chi connectivity index (χ1) is 13.1. The molecule has 4 N–H and O–H groups in total. The van der Waals surface area contributed by atoms with Gasteiger partial charge >= 0.3 is 0 Å².